The Hall–Kier alpha value is -4.91. The summed E-state index contributed by atoms with van der Waals surface area (Å²) in [5, 5.41) is 8.33. The topological polar surface area (TPSA) is 138 Å². The minimum Gasteiger partial charge on any atom is -0.350 e. The maximum atomic E-state index is 14.5. The molecule has 2 unspecified atom stereocenters. The second-order valence-electron chi connectivity index (χ2n) is 10.3. The van der Waals surface area contributed by atoms with Crippen LogP contribution in [0.2, 0.25) is 5.02 Å². The van der Waals surface area contributed by atoms with Crippen LogP contribution in [0.4, 0.5) is 19.3 Å². The lowest BCUT2D eigenvalue weighted by Crippen LogP contribution is -2.46. The minimum atomic E-state index is -1.42. The van der Waals surface area contributed by atoms with Crippen LogP contribution in [0, 0.1) is 5.82 Å². The fourth-order valence-electron chi connectivity index (χ4n) is 5.07. The predicted molar refractivity (Wildman–Crippen MR) is 158 cm³/mol. The monoisotopic (exact) mass is 623 g/mol. The van der Waals surface area contributed by atoms with Gasteiger partial charge in [0.15, 0.2) is 5.78 Å². The van der Waals surface area contributed by atoms with E-state index in [1.54, 1.807) is 47.3 Å². The number of carbonyl (C=O) groups excluding carboxylic acids is 4. The second-order valence-corrected chi connectivity index (χ2v) is 10.7. The molecule has 14 heteroatoms. The number of amides is 4. The summed E-state index contributed by atoms with van der Waals surface area (Å²) in [6.45, 7) is 0.759. The lowest BCUT2D eigenvalue weighted by molar-refractivity contribution is -0.139. The van der Waals surface area contributed by atoms with Gasteiger partial charge in [-0.2, -0.15) is 0 Å². The van der Waals surface area contributed by atoms with Crippen LogP contribution in [0.15, 0.2) is 61.1 Å². The Morgan fingerprint density at radius 3 is 2.57 bits per heavy atom. The van der Waals surface area contributed by atoms with Crippen LogP contribution in [0.3, 0.4) is 0 Å². The zero-order valence-corrected chi connectivity index (χ0v) is 24.3. The van der Waals surface area contributed by atoms with Gasteiger partial charge >= 0.3 is 6.03 Å². The summed E-state index contributed by atoms with van der Waals surface area (Å²) in [7, 11) is 0. The summed E-state index contributed by atoms with van der Waals surface area (Å²) in [6, 6.07) is 9.34. The van der Waals surface area contributed by atoms with Crippen molar-refractivity contribution in [2.24, 2.45) is 0 Å². The van der Waals surface area contributed by atoms with E-state index in [9.17, 15) is 28.0 Å². The molecule has 0 spiro atoms. The van der Waals surface area contributed by atoms with Gasteiger partial charge in [0.1, 0.15) is 30.4 Å². The zero-order valence-electron chi connectivity index (χ0n) is 23.5. The Labute approximate surface area is 255 Å². The molecule has 2 atom stereocenters. The van der Waals surface area contributed by atoms with Gasteiger partial charge in [0, 0.05) is 59.3 Å². The number of ketones is 1. The van der Waals surface area contributed by atoms with Gasteiger partial charge in [0.05, 0.1) is 18.1 Å². The first-order valence-corrected chi connectivity index (χ1v) is 14.1. The minimum absolute atomic E-state index is 0.0913. The Kier molecular flexibility index (Phi) is 9.14. The Balaban J connectivity index is 1.28. The van der Waals surface area contributed by atoms with E-state index in [-0.39, 0.29) is 49.0 Å². The van der Waals surface area contributed by atoms with E-state index < -0.39 is 35.9 Å². The number of benzene rings is 2. The van der Waals surface area contributed by atoms with Crippen LogP contribution in [-0.2, 0) is 29.2 Å². The summed E-state index contributed by atoms with van der Waals surface area (Å²) < 4.78 is 30.3. The summed E-state index contributed by atoms with van der Waals surface area (Å²) in [5.41, 5.74) is 1.41. The molecule has 4 amide bonds. The number of urea groups is 1. The number of alkyl halides is 1. The lowest BCUT2D eigenvalue weighted by atomic mass is 10.1. The average Bonchev–Trinajstić information content (AvgIpc) is 3.57. The summed E-state index contributed by atoms with van der Waals surface area (Å²) in [4.78, 5) is 60.5. The molecular weight excluding hydrogens is 596 g/mol. The highest BCUT2D eigenvalue weighted by molar-refractivity contribution is 6.30. The molecule has 0 bridgehead atoms. The van der Waals surface area contributed by atoms with Crippen molar-refractivity contribution in [3.8, 4) is 0 Å². The van der Waals surface area contributed by atoms with E-state index in [2.05, 4.69) is 25.9 Å². The molecule has 1 saturated heterocycles. The lowest BCUT2D eigenvalue weighted by Gasteiger charge is -2.24. The molecule has 11 nitrogen and oxygen atoms in total. The number of fused-ring (bicyclic) bond motifs is 1. The molecule has 1 fully saturated rings. The van der Waals surface area contributed by atoms with Crippen molar-refractivity contribution in [2.75, 3.05) is 11.9 Å². The van der Waals surface area contributed by atoms with Gasteiger partial charge in [0.2, 0.25) is 11.8 Å². The number of aromatic nitrogens is 3. The molecule has 2 aromatic heterocycles. The van der Waals surface area contributed by atoms with E-state index in [4.69, 9.17) is 11.6 Å². The Morgan fingerprint density at radius 1 is 1.05 bits per heavy atom. The van der Waals surface area contributed by atoms with Crippen LogP contribution in [0.5, 0.6) is 0 Å². The highest BCUT2D eigenvalue weighted by atomic mass is 35.5. The van der Waals surface area contributed by atoms with Crippen LogP contribution in [0.1, 0.15) is 35.1 Å². The van der Waals surface area contributed by atoms with E-state index in [0.29, 0.717) is 28.0 Å². The quantitative estimate of drug-likeness (QED) is 0.241. The first-order chi connectivity index (χ1) is 21.1. The van der Waals surface area contributed by atoms with Gasteiger partial charge in [-0.15, -0.1) is 0 Å². The van der Waals surface area contributed by atoms with Crippen molar-refractivity contribution < 1.29 is 28.0 Å². The third kappa shape index (κ3) is 6.83. The van der Waals surface area contributed by atoms with Crippen LogP contribution >= 0.6 is 11.6 Å². The Bertz CT molecular complexity index is 1730. The normalized spacial score (nSPS) is 16.1. The van der Waals surface area contributed by atoms with Gasteiger partial charge in [-0.1, -0.05) is 23.7 Å². The first-order valence-electron chi connectivity index (χ1n) is 13.7. The van der Waals surface area contributed by atoms with Gasteiger partial charge in [-0.25, -0.2) is 23.5 Å². The van der Waals surface area contributed by atoms with Crippen LogP contribution < -0.4 is 16.0 Å². The smallest absolute Gasteiger partial charge is 0.319 e. The molecule has 228 valence electrons. The maximum absolute atomic E-state index is 14.5. The number of anilines is 1. The second kappa shape index (κ2) is 13.2. The number of carbonyl (C=O) groups is 4. The van der Waals surface area contributed by atoms with E-state index in [1.165, 1.54) is 25.3 Å². The fourth-order valence-corrected chi connectivity index (χ4v) is 5.27. The molecule has 4 aromatic rings. The SMILES string of the molecule is CC(=O)c1cn(CC(=O)N2CC(F)CC2C(=O)NCc2cccc(Cl)c2F)c2ccc(NC(=O)NCc3ncccn3)cc12. The molecule has 2 aromatic carbocycles. The highest BCUT2D eigenvalue weighted by Gasteiger charge is 2.39. The zero-order chi connectivity index (χ0) is 31.4. The first kappa shape index (κ1) is 30.5. The number of halogens is 3. The average molecular weight is 624 g/mol. The predicted octanol–water partition coefficient (Wildman–Crippen LogP) is 4.00. The molecule has 44 heavy (non-hydrogen) atoms. The Morgan fingerprint density at radius 2 is 1.82 bits per heavy atom. The number of nitrogens with zero attached hydrogens (tertiary/aromatic N) is 4. The number of nitrogens with one attached hydrogen (secondary N) is 3. The van der Waals surface area contributed by atoms with Crippen molar-refractivity contribution in [3.05, 3.63) is 88.8 Å². The van der Waals surface area contributed by atoms with Gasteiger partial charge in [-0.3, -0.25) is 14.4 Å². The van der Waals surface area contributed by atoms with Crippen molar-refractivity contribution >= 4 is 51.8 Å². The van der Waals surface area contributed by atoms with Gasteiger partial charge in [-0.05, 0) is 37.3 Å². The van der Waals surface area contributed by atoms with Gasteiger partial charge < -0.3 is 25.4 Å². The fraction of sp³-hybridized carbons (Fsp3) is 0.267. The summed E-state index contributed by atoms with van der Waals surface area (Å²) in [5.74, 6) is -1.65. The third-order valence-electron chi connectivity index (χ3n) is 7.21. The maximum Gasteiger partial charge on any atom is 0.319 e. The largest absolute Gasteiger partial charge is 0.350 e. The number of hydrogen-bond acceptors (Lipinski definition) is 6. The van der Waals surface area contributed by atoms with E-state index in [0.717, 1.165) is 4.90 Å². The van der Waals surface area contributed by atoms with Crippen molar-refractivity contribution in [1.82, 2.24) is 30.1 Å². The van der Waals surface area contributed by atoms with E-state index >= 15 is 0 Å². The molecular formula is C30H28ClF2N7O4. The summed E-state index contributed by atoms with van der Waals surface area (Å²) in [6.07, 6.45) is 3.03. The standard InChI is InChI=1S/C30H28ClF2N7O4/c1-17(41)22-15-39(24-7-6-20(11-21(22)24)38-30(44)37-13-26-34-8-3-9-35-26)16-27(42)40-14-19(32)10-25(40)29(43)36-12-18-4-2-5-23(31)28(18)33/h2-9,11,15,19,25H,10,12-14,16H2,1H3,(H,36,43)(H2,37,38,44). The van der Waals surface area contributed by atoms with Crippen molar-refractivity contribution in [1.29, 1.82) is 0 Å². The summed E-state index contributed by atoms with van der Waals surface area (Å²) >= 11 is 5.81. The molecule has 3 heterocycles. The van der Waals surface area contributed by atoms with Crippen molar-refractivity contribution in [2.45, 2.75) is 45.2 Å². The molecule has 5 rings (SSSR count). The molecule has 1 aliphatic heterocycles. The molecule has 1 aliphatic rings. The number of Topliss-reactive ketones (excluding diaryl/α,β-unsaturated/α-hetero) is 1. The molecule has 0 aliphatic carbocycles. The van der Waals surface area contributed by atoms with Crippen LogP contribution in [-0.4, -0.2) is 61.8 Å². The number of likely N-dealkylation sites (tertiary alicyclic amines) is 1. The molecule has 0 saturated carbocycles. The number of hydrogen-bond donors (Lipinski definition) is 3. The van der Waals surface area contributed by atoms with E-state index in [1.807, 2.05) is 0 Å². The number of rotatable bonds is 9. The van der Waals surface area contributed by atoms with Crippen LogP contribution in [0.25, 0.3) is 10.9 Å². The van der Waals surface area contributed by atoms with Gasteiger partial charge in [0.25, 0.3) is 0 Å². The molecule has 3 N–H and O–H groups in total. The highest BCUT2D eigenvalue weighted by Crippen LogP contribution is 2.27. The molecule has 0 radical (unpaired) electrons. The van der Waals surface area contributed by atoms with Crippen molar-refractivity contribution in [3.63, 3.8) is 0 Å². The third-order valence-corrected chi connectivity index (χ3v) is 7.50.